The fraction of sp³-hybridized carbons (Fsp3) is 0.188. The van der Waals surface area contributed by atoms with Gasteiger partial charge < -0.3 is 9.73 Å². The summed E-state index contributed by atoms with van der Waals surface area (Å²) in [5.74, 6) is 0.968. The van der Waals surface area contributed by atoms with Crippen molar-refractivity contribution in [2.45, 2.75) is 19.5 Å². The standard InChI is InChI=1S/C16H16N2O/c1-12(18-11-13-6-8-17-9-7-13)16-10-14-4-2-3-5-15(14)19-16/h2-10,12,18H,11H2,1H3. The Morgan fingerprint density at radius 1 is 1.16 bits per heavy atom. The average Bonchev–Trinajstić information content (AvgIpc) is 2.90. The van der Waals surface area contributed by atoms with Gasteiger partial charge >= 0.3 is 0 Å². The van der Waals surface area contributed by atoms with Crippen molar-refractivity contribution in [2.75, 3.05) is 0 Å². The highest BCUT2D eigenvalue weighted by Gasteiger charge is 2.10. The summed E-state index contributed by atoms with van der Waals surface area (Å²) in [5, 5.41) is 4.60. The fourth-order valence-electron chi connectivity index (χ4n) is 2.09. The highest BCUT2D eigenvalue weighted by Crippen LogP contribution is 2.23. The summed E-state index contributed by atoms with van der Waals surface area (Å²) in [7, 11) is 0. The molecule has 0 bridgehead atoms. The molecule has 0 aliphatic heterocycles. The van der Waals surface area contributed by atoms with Gasteiger partial charge in [0.25, 0.3) is 0 Å². The molecule has 0 saturated heterocycles. The van der Waals surface area contributed by atoms with E-state index >= 15 is 0 Å². The van der Waals surface area contributed by atoms with Crippen molar-refractivity contribution >= 4 is 11.0 Å². The number of hydrogen-bond donors (Lipinski definition) is 1. The van der Waals surface area contributed by atoms with E-state index in [9.17, 15) is 0 Å². The molecule has 3 rings (SSSR count). The second-order valence-electron chi connectivity index (χ2n) is 4.64. The monoisotopic (exact) mass is 252 g/mol. The van der Waals surface area contributed by atoms with Crippen LogP contribution in [0.2, 0.25) is 0 Å². The molecule has 3 nitrogen and oxygen atoms in total. The highest BCUT2D eigenvalue weighted by molar-refractivity contribution is 5.77. The lowest BCUT2D eigenvalue weighted by Crippen LogP contribution is -2.17. The van der Waals surface area contributed by atoms with E-state index in [4.69, 9.17) is 4.42 Å². The third-order valence-corrected chi connectivity index (χ3v) is 3.23. The smallest absolute Gasteiger partial charge is 0.134 e. The van der Waals surface area contributed by atoms with Gasteiger partial charge in [-0.25, -0.2) is 0 Å². The number of aromatic nitrogens is 1. The Hall–Kier alpha value is -2.13. The van der Waals surface area contributed by atoms with Crippen molar-refractivity contribution < 1.29 is 4.42 Å². The maximum Gasteiger partial charge on any atom is 0.134 e. The van der Waals surface area contributed by atoms with Gasteiger partial charge in [-0.1, -0.05) is 18.2 Å². The van der Waals surface area contributed by atoms with E-state index in [0.29, 0.717) is 0 Å². The Morgan fingerprint density at radius 2 is 1.95 bits per heavy atom. The first-order chi connectivity index (χ1) is 9.33. The summed E-state index contributed by atoms with van der Waals surface area (Å²) in [6.07, 6.45) is 3.62. The van der Waals surface area contributed by atoms with Gasteiger partial charge in [0, 0.05) is 24.3 Å². The van der Waals surface area contributed by atoms with E-state index < -0.39 is 0 Å². The minimum absolute atomic E-state index is 0.181. The van der Waals surface area contributed by atoms with Crippen molar-refractivity contribution in [3.8, 4) is 0 Å². The van der Waals surface area contributed by atoms with E-state index in [-0.39, 0.29) is 6.04 Å². The number of benzene rings is 1. The zero-order valence-electron chi connectivity index (χ0n) is 10.8. The molecule has 0 aliphatic carbocycles. The summed E-state index contributed by atoms with van der Waals surface area (Å²) in [5.41, 5.74) is 2.16. The van der Waals surface area contributed by atoms with E-state index in [0.717, 1.165) is 23.3 Å². The van der Waals surface area contributed by atoms with Crippen LogP contribution in [-0.4, -0.2) is 4.98 Å². The SMILES string of the molecule is CC(NCc1ccncc1)c1cc2ccccc2o1. The quantitative estimate of drug-likeness (QED) is 0.769. The Morgan fingerprint density at radius 3 is 2.74 bits per heavy atom. The van der Waals surface area contributed by atoms with Crippen molar-refractivity contribution in [1.29, 1.82) is 0 Å². The van der Waals surface area contributed by atoms with Gasteiger partial charge in [-0.3, -0.25) is 4.98 Å². The maximum atomic E-state index is 5.84. The number of para-hydroxylation sites is 1. The molecule has 3 aromatic rings. The lowest BCUT2D eigenvalue weighted by Gasteiger charge is -2.10. The zero-order valence-corrected chi connectivity index (χ0v) is 10.8. The van der Waals surface area contributed by atoms with E-state index in [1.165, 1.54) is 5.56 Å². The first kappa shape index (κ1) is 11.9. The van der Waals surface area contributed by atoms with Crippen molar-refractivity contribution in [2.24, 2.45) is 0 Å². The van der Waals surface area contributed by atoms with Gasteiger partial charge in [0.15, 0.2) is 0 Å². The van der Waals surface area contributed by atoms with E-state index in [1.807, 2.05) is 42.7 Å². The first-order valence-corrected chi connectivity index (χ1v) is 6.44. The van der Waals surface area contributed by atoms with E-state index in [1.54, 1.807) is 0 Å². The summed E-state index contributed by atoms with van der Waals surface area (Å²) < 4.78 is 5.84. The Bertz CT molecular complexity index is 628. The topological polar surface area (TPSA) is 38.1 Å². The molecule has 2 aromatic heterocycles. The zero-order chi connectivity index (χ0) is 13.1. The van der Waals surface area contributed by atoms with Gasteiger partial charge in [0.2, 0.25) is 0 Å². The molecule has 0 aliphatic rings. The molecule has 3 heteroatoms. The molecule has 0 amide bonds. The predicted octanol–water partition coefficient (Wildman–Crippen LogP) is 3.68. The minimum Gasteiger partial charge on any atom is -0.459 e. The summed E-state index contributed by atoms with van der Waals surface area (Å²) in [6.45, 7) is 2.92. The molecule has 1 atom stereocenters. The normalized spacial score (nSPS) is 12.7. The van der Waals surface area contributed by atoms with Crippen molar-refractivity contribution in [1.82, 2.24) is 10.3 Å². The van der Waals surface area contributed by atoms with Gasteiger partial charge in [0.1, 0.15) is 11.3 Å². The van der Waals surface area contributed by atoms with Gasteiger partial charge in [-0.15, -0.1) is 0 Å². The second kappa shape index (κ2) is 5.24. The Kier molecular flexibility index (Phi) is 3.29. The largest absolute Gasteiger partial charge is 0.459 e. The molecule has 19 heavy (non-hydrogen) atoms. The molecule has 1 unspecified atom stereocenters. The van der Waals surface area contributed by atoms with Crippen LogP contribution in [0.1, 0.15) is 24.3 Å². The molecule has 2 heterocycles. The molecule has 0 spiro atoms. The van der Waals surface area contributed by atoms with Crippen molar-refractivity contribution in [3.63, 3.8) is 0 Å². The average molecular weight is 252 g/mol. The third-order valence-electron chi connectivity index (χ3n) is 3.23. The van der Waals surface area contributed by atoms with Crippen LogP contribution in [0, 0.1) is 0 Å². The van der Waals surface area contributed by atoms with Crippen LogP contribution in [-0.2, 0) is 6.54 Å². The number of nitrogens with zero attached hydrogens (tertiary/aromatic N) is 1. The molecular formula is C16H16N2O. The first-order valence-electron chi connectivity index (χ1n) is 6.44. The second-order valence-corrected chi connectivity index (χ2v) is 4.64. The number of pyridine rings is 1. The third kappa shape index (κ3) is 2.66. The Labute approximate surface area is 112 Å². The number of furan rings is 1. The molecule has 1 aromatic carbocycles. The number of nitrogens with one attached hydrogen (secondary N) is 1. The fourth-order valence-corrected chi connectivity index (χ4v) is 2.09. The van der Waals surface area contributed by atoms with Gasteiger partial charge in [-0.05, 0) is 36.8 Å². The van der Waals surface area contributed by atoms with Crippen LogP contribution >= 0.6 is 0 Å². The summed E-state index contributed by atoms with van der Waals surface area (Å²) in [4.78, 5) is 4.01. The molecule has 0 radical (unpaired) electrons. The number of fused-ring (bicyclic) bond motifs is 1. The number of rotatable bonds is 4. The van der Waals surface area contributed by atoms with E-state index in [2.05, 4.69) is 29.4 Å². The van der Waals surface area contributed by atoms with Crippen LogP contribution in [0.3, 0.4) is 0 Å². The van der Waals surface area contributed by atoms with Crippen LogP contribution < -0.4 is 5.32 Å². The lowest BCUT2D eigenvalue weighted by molar-refractivity contribution is 0.451. The van der Waals surface area contributed by atoms with Crippen LogP contribution in [0.4, 0.5) is 0 Å². The van der Waals surface area contributed by atoms with Crippen LogP contribution in [0.25, 0.3) is 11.0 Å². The highest BCUT2D eigenvalue weighted by atomic mass is 16.3. The van der Waals surface area contributed by atoms with Gasteiger partial charge in [0.05, 0.1) is 6.04 Å². The van der Waals surface area contributed by atoms with Crippen molar-refractivity contribution in [3.05, 3.63) is 66.2 Å². The van der Waals surface area contributed by atoms with Crippen LogP contribution in [0.5, 0.6) is 0 Å². The number of hydrogen-bond acceptors (Lipinski definition) is 3. The molecule has 96 valence electrons. The molecule has 1 N–H and O–H groups in total. The van der Waals surface area contributed by atoms with Crippen LogP contribution in [0.15, 0.2) is 59.3 Å². The van der Waals surface area contributed by atoms with Gasteiger partial charge in [-0.2, -0.15) is 0 Å². The predicted molar refractivity (Wildman–Crippen MR) is 75.7 cm³/mol. The summed E-state index contributed by atoms with van der Waals surface area (Å²) in [6, 6.07) is 14.4. The minimum atomic E-state index is 0.181. The molecule has 0 fully saturated rings. The maximum absolute atomic E-state index is 5.84. The molecular weight excluding hydrogens is 236 g/mol. The molecule has 0 saturated carbocycles. The Balaban J connectivity index is 1.71. The lowest BCUT2D eigenvalue weighted by atomic mass is 10.2. The summed E-state index contributed by atoms with van der Waals surface area (Å²) >= 11 is 0.